The molecule has 0 aromatic carbocycles. The van der Waals surface area contributed by atoms with E-state index >= 15 is 0 Å². The molecule has 0 bridgehead atoms. The third-order valence-corrected chi connectivity index (χ3v) is 4.74. The summed E-state index contributed by atoms with van der Waals surface area (Å²) < 4.78 is 6.68. The van der Waals surface area contributed by atoms with Crippen molar-refractivity contribution in [2.75, 3.05) is 11.4 Å². The van der Waals surface area contributed by atoms with Gasteiger partial charge >= 0.3 is 0 Å². The fourth-order valence-electron chi connectivity index (χ4n) is 2.77. The molecule has 1 saturated carbocycles. The second-order valence-electron chi connectivity index (χ2n) is 5.46. The highest BCUT2D eigenvalue weighted by Crippen LogP contribution is 2.40. The third kappa shape index (κ3) is 2.25. The van der Waals surface area contributed by atoms with Crippen LogP contribution in [0, 0.1) is 0 Å². The third-order valence-electron chi connectivity index (χ3n) is 3.98. The molecule has 2 aliphatic rings. The Hall–Kier alpha value is -1.43. The van der Waals surface area contributed by atoms with Gasteiger partial charge in [-0.3, -0.25) is 0 Å². The largest absolute Gasteiger partial charge is 0.342 e. The molecule has 1 aliphatic carbocycles. The van der Waals surface area contributed by atoms with Crippen molar-refractivity contribution in [3.63, 3.8) is 0 Å². The van der Waals surface area contributed by atoms with E-state index in [1.165, 1.54) is 25.7 Å². The molecule has 19 heavy (non-hydrogen) atoms. The first-order chi connectivity index (χ1) is 9.40. The van der Waals surface area contributed by atoms with Crippen LogP contribution in [0.5, 0.6) is 0 Å². The fourth-order valence-corrected chi connectivity index (χ4v) is 3.61. The van der Waals surface area contributed by atoms with E-state index in [2.05, 4.69) is 18.8 Å². The van der Waals surface area contributed by atoms with Crippen molar-refractivity contribution in [2.45, 2.75) is 44.2 Å². The summed E-state index contributed by atoms with van der Waals surface area (Å²) in [6, 6.07) is 0.536. The van der Waals surface area contributed by atoms with Gasteiger partial charge in [-0.2, -0.15) is 4.37 Å². The number of nitrogens with zero attached hydrogens (tertiary/aromatic N) is 5. The van der Waals surface area contributed by atoms with Crippen LogP contribution in [0.15, 0.2) is 18.7 Å². The summed E-state index contributed by atoms with van der Waals surface area (Å²) in [7, 11) is 0. The molecule has 1 saturated heterocycles. The summed E-state index contributed by atoms with van der Waals surface area (Å²) in [5, 5.41) is 1.12. The van der Waals surface area contributed by atoms with Gasteiger partial charge < -0.3 is 9.47 Å². The van der Waals surface area contributed by atoms with Crippen molar-refractivity contribution < 1.29 is 0 Å². The lowest BCUT2D eigenvalue weighted by Crippen LogP contribution is -2.32. The molecular formula is C13H17N5S. The molecule has 2 aromatic rings. The molecule has 0 N–H and O–H groups in total. The highest BCUT2D eigenvalue weighted by Gasteiger charge is 2.31. The summed E-state index contributed by atoms with van der Waals surface area (Å²) in [5.41, 5.74) is 0. The Morgan fingerprint density at radius 3 is 3.05 bits per heavy atom. The first-order valence-electron chi connectivity index (χ1n) is 6.96. The first kappa shape index (κ1) is 11.4. The van der Waals surface area contributed by atoms with Crippen LogP contribution in [0.4, 0.5) is 5.13 Å². The molecule has 3 heterocycles. The van der Waals surface area contributed by atoms with Crippen molar-refractivity contribution in [3.05, 3.63) is 24.5 Å². The van der Waals surface area contributed by atoms with Crippen LogP contribution < -0.4 is 4.90 Å². The number of anilines is 1. The van der Waals surface area contributed by atoms with E-state index < -0.39 is 0 Å². The standard InChI is InChI=1S/C13H17N5S/c1-2-11(8-17-7-5-14-9-17)18(6-1)13-15-12(16-19-13)10-3-4-10/h5,7,9-11H,1-4,6,8H2. The van der Waals surface area contributed by atoms with Gasteiger partial charge in [0.05, 0.1) is 6.33 Å². The van der Waals surface area contributed by atoms with Gasteiger partial charge in [0, 0.05) is 49.0 Å². The summed E-state index contributed by atoms with van der Waals surface area (Å²) in [4.78, 5) is 11.3. The number of hydrogen-bond donors (Lipinski definition) is 0. The molecule has 2 fully saturated rings. The predicted octanol–water partition coefficient (Wildman–Crippen LogP) is 2.28. The van der Waals surface area contributed by atoms with Gasteiger partial charge in [-0.25, -0.2) is 9.97 Å². The monoisotopic (exact) mass is 275 g/mol. The van der Waals surface area contributed by atoms with Crippen LogP contribution in [0.1, 0.15) is 37.4 Å². The van der Waals surface area contributed by atoms with Crippen LogP contribution >= 0.6 is 11.5 Å². The molecule has 0 radical (unpaired) electrons. The zero-order valence-electron chi connectivity index (χ0n) is 10.8. The molecule has 6 heteroatoms. The van der Waals surface area contributed by atoms with Gasteiger partial charge in [0.15, 0.2) is 0 Å². The lowest BCUT2D eigenvalue weighted by atomic mass is 10.2. The van der Waals surface area contributed by atoms with Crippen molar-refractivity contribution in [3.8, 4) is 0 Å². The molecule has 5 nitrogen and oxygen atoms in total. The molecule has 1 atom stereocenters. The second-order valence-corrected chi connectivity index (χ2v) is 6.19. The lowest BCUT2D eigenvalue weighted by molar-refractivity contribution is 0.549. The highest BCUT2D eigenvalue weighted by atomic mass is 32.1. The minimum absolute atomic E-state index is 0.536. The fraction of sp³-hybridized carbons (Fsp3) is 0.615. The van der Waals surface area contributed by atoms with Crippen LogP contribution in [-0.2, 0) is 6.54 Å². The van der Waals surface area contributed by atoms with E-state index in [4.69, 9.17) is 4.98 Å². The maximum atomic E-state index is 4.74. The van der Waals surface area contributed by atoms with Gasteiger partial charge in [0.2, 0.25) is 5.13 Å². The van der Waals surface area contributed by atoms with Gasteiger partial charge in [-0.15, -0.1) is 0 Å². The van der Waals surface area contributed by atoms with E-state index in [0.29, 0.717) is 12.0 Å². The lowest BCUT2D eigenvalue weighted by Gasteiger charge is -2.23. The highest BCUT2D eigenvalue weighted by molar-refractivity contribution is 7.09. The number of aromatic nitrogens is 4. The smallest absolute Gasteiger partial charge is 0.205 e. The summed E-state index contributed by atoms with van der Waals surface area (Å²) in [6.07, 6.45) is 10.8. The Bertz CT molecular complexity index is 545. The number of hydrogen-bond acceptors (Lipinski definition) is 5. The molecule has 100 valence electrons. The minimum atomic E-state index is 0.536. The second kappa shape index (κ2) is 4.59. The summed E-state index contributed by atoms with van der Waals surface area (Å²) in [6.45, 7) is 2.11. The average molecular weight is 275 g/mol. The predicted molar refractivity (Wildman–Crippen MR) is 74.5 cm³/mol. The normalized spacial score (nSPS) is 23.2. The van der Waals surface area contributed by atoms with E-state index in [1.54, 1.807) is 11.5 Å². The molecular weight excluding hydrogens is 258 g/mol. The molecule has 0 spiro atoms. The number of rotatable bonds is 4. The first-order valence-corrected chi connectivity index (χ1v) is 7.73. The van der Waals surface area contributed by atoms with E-state index in [0.717, 1.165) is 24.0 Å². The average Bonchev–Trinajstić information content (AvgIpc) is 2.89. The minimum Gasteiger partial charge on any atom is -0.342 e. The summed E-state index contributed by atoms with van der Waals surface area (Å²) >= 11 is 1.57. The van der Waals surface area contributed by atoms with Crippen molar-refractivity contribution in [1.29, 1.82) is 0 Å². The quantitative estimate of drug-likeness (QED) is 0.859. The Morgan fingerprint density at radius 2 is 2.26 bits per heavy atom. The van der Waals surface area contributed by atoms with Crippen molar-refractivity contribution in [2.24, 2.45) is 0 Å². The number of imidazole rings is 1. The molecule has 1 unspecified atom stereocenters. The SMILES string of the molecule is c1cn(CC2CCCN2c2nc(C3CC3)ns2)cn1. The maximum absolute atomic E-state index is 4.74. The van der Waals surface area contributed by atoms with Crippen LogP contribution in [0.2, 0.25) is 0 Å². The van der Waals surface area contributed by atoms with Gasteiger partial charge in [-0.1, -0.05) is 0 Å². The summed E-state index contributed by atoms with van der Waals surface area (Å²) in [5.74, 6) is 1.73. The zero-order valence-corrected chi connectivity index (χ0v) is 11.6. The molecule has 0 amide bonds. The Labute approximate surface area is 116 Å². The molecule has 4 rings (SSSR count). The zero-order chi connectivity index (χ0) is 12.7. The Morgan fingerprint density at radius 1 is 1.32 bits per heavy atom. The van der Waals surface area contributed by atoms with Gasteiger partial charge in [-0.05, 0) is 25.7 Å². The van der Waals surface area contributed by atoms with E-state index in [1.807, 2.05) is 18.7 Å². The molecule has 1 aliphatic heterocycles. The van der Waals surface area contributed by atoms with Crippen LogP contribution in [0.25, 0.3) is 0 Å². The Balaban J connectivity index is 1.51. The van der Waals surface area contributed by atoms with Crippen molar-refractivity contribution >= 4 is 16.7 Å². The topological polar surface area (TPSA) is 46.8 Å². The van der Waals surface area contributed by atoms with Gasteiger partial charge in [0.1, 0.15) is 5.82 Å². The maximum Gasteiger partial charge on any atom is 0.205 e. The van der Waals surface area contributed by atoms with Gasteiger partial charge in [0.25, 0.3) is 0 Å². The van der Waals surface area contributed by atoms with E-state index in [9.17, 15) is 0 Å². The van der Waals surface area contributed by atoms with Crippen LogP contribution in [0.3, 0.4) is 0 Å². The molecule has 2 aromatic heterocycles. The van der Waals surface area contributed by atoms with Crippen molar-refractivity contribution in [1.82, 2.24) is 18.9 Å². The Kier molecular flexibility index (Phi) is 2.76. The van der Waals surface area contributed by atoms with E-state index in [-0.39, 0.29) is 0 Å². The van der Waals surface area contributed by atoms with Crippen LogP contribution in [-0.4, -0.2) is 31.5 Å².